The molecule has 3 nitrogen and oxygen atoms in total. The van der Waals surface area contributed by atoms with Crippen LogP contribution in [0.5, 0.6) is 5.75 Å². The maximum atomic E-state index is 6.06. The van der Waals surface area contributed by atoms with Crippen molar-refractivity contribution in [2.45, 2.75) is 26.3 Å². The molecule has 0 aromatic heterocycles. The second kappa shape index (κ2) is 6.92. The standard InChI is InChI=1S/C16H25BrN2O/c1-11-6-12(2)10-19(9-11)15(8-18)13-4-5-16(20-3)14(17)7-13/h4-5,7,11-12,15H,6,8-10,18H2,1-3H3. The van der Waals surface area contributed by atoms with Crippen LogP contribution in [0.2, 0.25) is 0 Å². The van der Waals surface area contributed by atoms with Crippen molar-refractivity contribution in [2.75, 3.05) is 26.7 Å². The molecule has 3 atom stereocenters. The van der Waals surface area contributed by atoms with Gasteiger partial charge in [-0.25, -0.2) is 0 Å². The number of nitrogens with two attached hydrogens (primary N) is 1. The predicted molar refractivity (Wildman–Crippen MR) is 87.0 cm³/mol. The van der Waals surface area contributed by atoms with Crippen LogP contribution in [0.1, 0.15) is 31.9 Å². The molecule has 1 aliphatic rings. The fraction of sp³-hybridized carbons (Fsp3) is 0.625. The van der Waals surface area contributed by atoms with Gasteiger partial charge in [-0.15, -0.1) is 0 Å². The number of benzene rings is 1. The lowest BCUT2D eigenvalue weighted by Crippen LogP contribution is -2.43. The number of hydrogen-bond donors (Lipinski definition) is 1. The molecule has 1 saturated heterocycles. The van der Waals surface area contributed by atoms with Crippen LogP contribution >= 0.6 is 15.9 Å². The molecular weight excluding hydrogens is 316 g/mol. The molecular formula is C16H25BrN2O. The molecule has 0 radical (unpaired) electrons. The minimum absolute atomic E-state index is 0.294. The monoisotopic (exact) mass is 340 g/mol. The van der Waals surface area contributed by atoms with Gasteiger partial charge in [-0.1, -0.05) is 19.9 Å². The summed E-state index contributed by atoms with van der Waals surface area (Å²) in [5.41, 5.74) is 7.32. The van der Waals surface area contributed by atoms with Crippen molar-refractivity contribution in [2.24, 2.45) is 17.6 Å². The summed E-state index contributed by atoms with van der Waals surface area (Å²) in [6, 6.07) is 6.58. The number of rotatable bonds is 4. The first-order chi connectivity index (χ1) is 9.55. The van der Waals surface area contributed by atoms with Gasteiger partial charge in [0, 0.05) is 25.7 Å². The average Bonchev–Trinajstić information content (AvgIpc) is 2.38. The van der Waals surface area contributed by atoms with Gasteiger partial charge in [0.25, 0.3) is 0 Å². The van der Waals surface area contributed by atoms with Crippen molar-refractivity contribution < 1.29 is 4.74 Å². The molecule has 2 rings (SSSR count). The Morgan fingerprint density at radius 1 is 1.35 bits per heavy atom. The van der Waals surface area contributed by atoms with Gasteiger partial charge in [0.2, 0.25) is 0 Å². The summed E-state index contributed by atoms with van der Waals surface area (Å²) in [7, 11) is 1.69. The molecule has 20 heavy (non-hydrogen) atoms. The van der Waals surface area contributed by atoms with E-state index in [1.54, 1.807) is 7.11 Å². The number of piperidine rings is 1. The summed E-state index contributed by atoms with van der Waals surface area (Å²) in [6.07, 6.45) is 1.32. The van der Waals surface area contributed by atoms with Crippen molar-refractivity contribution in [3.63, 3.8) is 0 Å². The minimum atomic E-state index is 0.294. The summed E-state index contributed by atoms with van der Waals surface area (Å²) in [5.74, 6) is 2.36. The third kappa shape index (κ3) is 3.54. The lowest BCUT2D eigenvalue weighted by atomic mass is 9.89. The minimum Gasteiger partial charge on any atom is -0.496 e. The van der Waals surface area contributed by atoms with Crippen LogP contribution in [0, 0.1) is 11.8 Å². The van der Waals surface area contributed by atoms with Crippen LogP contribution in [0.4, 0.5) is 0 Å². The summed E-state index contributed by atoms with van der Waals surface area (Å²) >= 11 is 3.57. The molecule has 0 spiro atoms. The molecule has 1 aliphatic heterocycles. The van der Waals surface area contributed by atoms with E-state index in [9.17, 15) is 0 Å². The molecule has 2 N–H and O–H groups in total. The Labute approximate surface area is 130 Å². The van der Waals surface area contributed by atoms with E-state index in [1.165, 1.54) is 12.0 Å². The normalized spacial score (nSPS) is 25.4. The van der Waals surface area contributed by atoms with Crippen molar-refractivity contribution in [3.05, 3.63) is 28.2 Å². The topological polar surface area (TPSA) is 38.5 Å². The Kier molecular flexibility index (Phi) is 5.47. The van der Waals surface area contributed by atoms with Crippen LogP contribution in [0.3, 0.4) is 0 Å². The molecule has 1 fully saturated rings. The molecule has 1 aromatic carbocycles. The molecule has 0 aliphatic carbocycles. The van der Waals surface area contributed by atoms with Crippen molar-refractivity contribution >= 4 is 15.9 Å². The summed E-state index contributed by atoms with van der Waals surface area (Å²) < 4.78 is 6.30. The molecule has 0 saturated carbocycles. The van der Waals surface area contributed by atoms with Gasteiger partial charge < -0.3 is 10.5 Å². The van der Waals surface area contributed by atoms with Gasteiger partial charge in [-0.2, -0.15) is 0 Å². The summed E-state index contributed by atoms with van der Waals surface area (Å²) in [4.78, 5) is 2.53. The van der Waals surface area contributed by atoms with Gasteiger partial charge in [0.1, 0.15) is 5.75 Å². The van der Waals surface area contributed by atoms with Gasteiger partial charge in [-0.3, -0.25) is 4.90 Å². The Bertz CT molecular complexity index is 442. The van der Waals surface area contributed by atoms with Crippen LogP contribution in [0.25, 0.3) is 0 Å². The Morgan fingerprint density at radius 2 is 2.00 bits per heavy atom. The Hall–Kier alpha value is -0.580. The number of hydrogen-bond acceptors (Lipinski definition) is 3. The summed E-state index contributed by atoms with van der Waals surface area (Å²) in [5, 5.41) is 0. The lowest BCUT2D eigenvalue weighted by Gasteiger charge is -2.40. The van der Waals surface area contributed by atoms with Gasteiger partial charge in [0.15, 0.2) is 0 Å². The van der Waals surface area contributed by atoms with Crippen molar-refractivity contribution in [3.8, 4) is 5.75 Å². The predicted octanol–water partition coefficient (Wildman–Crippen LogP) is 3.44. The van der Waals surface area contributed by atoms with Crippen molar-refractivity contribution in [1.82, 2.24) is 4.90 Å². The largest absolute Gasteiger partial charge is 0.496 e. The highest BCUT2D eigenvalue weighted by Crippen LogP contribution is 2.32. The first-order valence-corrected chi connectivity index (χ1v) is 8.12. The zero-order valence-corrected chi connectivity index (χ0v) is 14.2. The van der Waals surface area contributed by atoms with Gasteiger partial charge in [-0.05, 0) is 51.9 Å². The quantitative estimate of drug-likeness (QED) is 0.912. The number of ether oxygens (including phenoxy) is 1. The zero-order valence-electron chi connectivity index (χ0n) is 12.6. The molecule has 112 valence electrons. The number of halogens is 1. The fourth-order valence-corrected chi connectivity index (χ4v) is 3.91. The number of methoxy groups -OCH3 is 1. The average molecular weight is 341 g/mol. The van der Waals surface area contributed by atoms with E-state index in [2.05, 4.69) is 46.8 Å². The molecule has 1 aromatic rings. The maximum absolute atomic E-state index is 6.06. The van der Waals surface area contributed by atoms with E-state index in [-0.39, 0.29) is 0 Å². The SMILES string of the molecule is COc1ccc(C(CN)N2CC(C)CC(C)C2)cc1Br. The lowest BCUT2D eigenvalue weighted by molar-refractivity contribution is 0.0983. The highest BCUT2D eigenvalue weighted by molar-refractivity contribution is 9.10. The highest BCUT2D eigenvalue weighted by atomic mass is 79.9. The third-order valence-corrected chi connectivity index (χ3v) is 4.74. The van der Waals surface area contributed by atoms with E-state index in [4.69, 9.17) is 10.5 Å². The first kappa shape index (κ1) is 15.8. The van der Waals surface area contributed by atoms with Gasteiger partial charge in [0.05, 0.1) is 11.6 Å². The smallest absolute Gasteiger partial charge is 0.133 e. The van der Waals surface area contributed by atoms with Crippen LogP contribution in [0.15, 0.2) is 22.7 Å². The highest BCUT2D eigenvalue weighted by Gasteiger charge is 2.27. The molecule has 1 heterocycles. The van der Waals surface area contributed by atoms with E-state index < -0.39 is 0 Å². The Balaban J connectivity index is 2.21. The third-order valence-electron chi connectivity index (χ3n) is 4.12. The first-order valence-electron chi connectivity index (χ1n) is 7.32. The number of nitrogens with zero attached hydrogens (tertiary/aromatic N) is 1. The van der Waals surface area contributed by atoms with Crippen LogP contribution in [-0.4, -0.2) is 31.6 Å². The molecule has 3 unspecified atom stereocenters. The summed E-state index contributed by atoms with van der Waals surface area (Å²) in [6.45, 7) is 7.59. The number of likely N-dealkylation sites (tertiary alicyclic amines) is 1. The molecule has 0 bridgehead atoms. The maximum Gasteiger partial charge on any atom is 0.133 e. The van der Waals surface area contributed by atoms with E-state index in [0.717, 1.165) is 35.1 Å². The van der Waals surface area contributed by atoms with Gasteiger partial charge >= 0.3 is 0 Å². The fourth-order valence-electron chi connectivity index (χ4n) is 3.35. The van der Waals surface area contributed by atoms with E-state index in [1.807, 2.05) is 6.07 Å². The molecule has 4 heteroatoms. The van der Waals surface area contributed by atoms with Crippen molar-refractivity contribution in [1.29, 1.82) is 0 Å². The molecule has 0 amide bonds. The zero-order chi connectivity index (χ0) is 14.7. The second-order valence-corrected chi connectivity index (χ2v) is 6.90. The Morgan fingerprint density at radius 3 is 2.50 bits per heavy atom. The van der Waals surface area contributed by atoms with E-state index in [0.29, 0.717) is 12.6 Å². The van der Waals surface area contributed by atoms with Crippen LogP contribution < -0.4 is 10.5 Å². The van der Waals surface area contributed by atoms with Crippen LogP contribution in [-0.2, 0) is 0 Å². The van der Waals surface area contributed by atoms with E-state index >= 15 is 0 Å². The second-order valence-electron chi connectivity index (χ2n) is 6.05.